The average Bonchev–Trinajstić information content (AvgIpc) is 1.51. The fourth-order valence-corrected chi connectivity index (χ4v) is 13.9. The second-order valence-corrected chi connectivity index (χ2v) is 21.9. The van der Waals surface area contributed by atoms with Crippen LogP contribution in [0.1, 0.15) is 0 Å². The van der Waals surface area contributed by atoms with E-state index >= 15 is 0 Å². The summed E-state index contributed by atoms with van der Waals surface area (Å²) < 4.78 is 2.60. The number of hydrogen-bond donors (Lipinski definition) is 0. The van der Waals surface area contributed by atoms with Gasteiger partial charge in [-0.15, -0.1) is 0 Å². The first kappa shape index (κ1) is 46.3. The second-order valence-electron chi connectivity index (χ2n) is 21.9. The Morgan fingerprint density at radius 2 is 0.634 bits per heavy atom. The largest absolute Gasteiger partial charge is 0.311 e. The van der Waals surface area contributed by atoms with E-state index in [0.29, 0.717) is 0 Å². The van der Waals surface area contributed by atoms with Gasteiger partial charge in [-0.3, -0.25) is 0 Å². The van der Waals surface area contributed by atoms with Crippen LogP contribution in [0.5, 0.6) is 0 Å². The van der Waals surface area contributed by atoms with Crippen LogP contribution in [0.4, 0.5) is 34.1 Å². The molecule has 15 aromatic rings. The van der Waals surface area contributed by atoms with E-state index in [1.165, 1.54) is 115 Å². The third kappa shape index (κ3) is 7.11. The van der Waals surface area contributed by atoms with Gasteiger partial charge >= 0.3 is 0 Å². The summed E-state index contributed by atoms with van der Waals surface area (Å²) in [5, 5.41) is 9.97. The Bertz CT molecular complexity index is 4820. The van der Waals surface area contributed by atoms with Gasteiger partial charge in [-0.25, -0.2) is 0 Å². The van der Waals surface area contributed by atoms with Crippen molar-refractivity contribution in [2.75, 3.05) is 9.80 Å². The summed E-state index contributed by atoms with van der Waals surface area (Å²) in [6, 6.07) is 113. The van der Waals surface area contributed by atoms with Crippen LogP contribution in [0.3, 0.4) is 0 Å². The first-order valence-electron chi connectivity index (χ1n) is 28.4. The average molecular weight is 1040 g/mol. The van der Waals surface area contributed by atoms with Crippen LogP contribution in [0, 0.1) is 0 Å². The number of aromatic nitrogens is 1. The van der Waals surface area contributed by atoms with Gasteiger partial charge in [0, 0.05) is 50.3 Å². The fraction of sp³-hybridized carbons (Fsp3) is 0. The maximum atomic E-state index is 2.60. The number of rotatable bonds is 7. The summed E-state index contributed by atoms with van der Waals surface area (Å²) in [7, 11) is 0. The summed E-state index contributed by atoms with van der Waals surface area (Å²) in [5.41, 5.74) is 23.6. The van der Waals surface area contributed by atoms with E-state index in [1.54, 1.807) is 0 Å². The minimum atomic E-state index is -0.136. The van der Waals surface area contributed by atoms with Crippen molar-refractivity contribution in [2.24, 2.45) is 0 Å². The number of nitrogens with zero attached hydrogens (tertiary/aromatic N) is 3. The van der Waals surface area contributed by atoms with Gasteiger partial charge in [-0.2, -0.15) is 0 Å². The molecule has 0 saturated carbocycles. The predicted octanol–water partition coefficient (Wildman–Crippen LogP) is 19.0. The molecule has 17 rings (SSSR count). The summed E-state index contributed by atoms with van der Waals surface area (Å²) in [4.78, 5) is 5.13. The summed E-state index contributed by atoms with van der Waals surface area (Å²) in [6.07, 6.45) is 0. The summed E-state index contributed by atoms with van der Waals surface area (Å²) >= 11 is 0. The van der Waals surface area contributed by atoms with Crippen LogP contribution in [0.25, 0.3) is 104 Å². The first-order valence-corrected chi connectivity index (χ1v) is 28.4. The van der Waals surface area contributed by atoms with Gasteiger partial charge in [0.25, 0.3) is 6.71 Å². The lowest BCUT2D eigenvalue weighted by Gasteiger charge is -2.44. The molecule has 4 heteroatoms. The third-order valence-corrected chi connectivity index (χ3v) is 17.5. The zero-order chi connectivity index (χ0) is 53.8. The van der Waals surface area contributed by atoms with Gasteiger partial charge < -0.3 is 14.4 Å². The molecule has 0 saturated heterocycles. The van der Waals surface area contributed by atoms with E-state index in [1.807, 2.05) is 0 Å². The Labute approximate surface area is 476 Å². The maximum absolute atomic E-state index is 2.60. The Morgan fingerprint density at radius 3 is 1.13 bits per heavy atom. The Hall–Kier alpha value is -10.7. The molecule has 2 aliphatic heterocycles. The molecule has 14 aromatic carbocycles. The molecule has 3 nitrogen and oxygen atoms in total. The van der Waals surface area contributed by atoms with E-state index in [0.717, 1.165) is 39.8 Å². The molecule has 3 heterocycles. The Kier molecular flexibility index (Phi) is 10.4. The van der Waals surface area contributed by atoms with Gasteiger partial charge in [0.05, 0.1) is 16.7 Å². The van der Waals surface area contributed by atoms with Gasteiger partial charge in [-0.05, 0) is 142 Å². The van der Waals surface area contributed by atoms with Crippen molar-refractivity contribution in [3.8, 4) is 50.2 Å². The number of fused-ring (bicyclic) bond motifs is 14. The zero-order valence-electron chi connectivity index (χ0n) is 44.8. The predicted molar refractivity (Wildman–Crippen MR) is 349 cm³/mol. The zero-order valence-corrected chi connectivity index (χ0v) is 44.8. The monoisotopic (exact) mass is 1040 g/mol. The smallest absolute Gasteiger partial charge is 0.252 e. The fourth-order valence-electron chi connectivity index (χ4n) is 13.9. The Balaban J connectivity index is 1.02. The van der Waals surface area contributed by atoms with Crippen molar-refractivity contribution in [1.29, 1.82) is 0 Å². The van der Waals surface area contributed by atoms with Crippen LogP contribution in [-0.4, -0.2) is 11.3 Å². The molecule has 0 N–H and O–H groups in total. The molecule has 0 radical (unpaired) electrons. The van der Waals surface area contributed by atoms with Gasteiger partial charge in [0.1, 0.15) is 0 Å². The number of hydrogen-bond acceptors (Lipinski definition) is 2. The van der Waals surface area contributed by atoms with Crippen LogP contribution in [0.2, 0.25) is 0 Å². The topological polar surface area (TPSA) is 11.4 Å². The lowest BCUT2D eigenvalue weighted by Crippen LogP contribution is -2.61. The van der Waals surface area contributed by atoms with Crippen molar-refractivity contribution in [1.82, 2.24) is 4.57 Å². The molecule has 82 heavy (non-hydrogen) atoms. The van der Waals surface area contributed by atoms with E-state index in [4.69, 9.17) is 0 Å². The molecule has 0 unspecified atom stereocenters. The Morgan fingerprint density at radius 1 is 0.244 bits per heavy atom. The molecule has 0 aliphatic carbocycles. The molecular formula is C78H50BN3. The highest BCUT2D eigenvalue weighted by Crippen LogP contribution is 2.50. The summed E-state index contributed by atoms with van der Waals surface area (Å²) in [6.45, 7) is -0.136. The number of anilines is 6. The molecule has 0 bridgehead atoms. The van der Waals surface area contributed by atoms with Crippen molar-refractivity contribution < 1.29 is 0 Å². The minimum absolute atomic E-state index is 0.136. The van der Waals surface area contributed by atoms with Crippen molar-refractivity contribution in [3.63, 3.8) is 0 Å². The van der Waals surface area contributed by atoms with Crippen LogP contribution < -0.4 is 26.2 Å². The van der Waals surface area contributed by atoms with Crippen LogP contribution in [0.15, 0.2) is 303 Å². The minimum Gasteiger partial charge on any atom is -0.311 e. The molecule has 1 aromatic heterocycles. The molecule has 2 aliphatic rings. The summed E-state index contributed by atoms with van der Waals surface area (Å²) in [5.74, 6) is 0. The molecular weight excluding hydrogens is 990 g/mol. The first-order chi connectivity index (χ1) is 40.7. The van der Waals surface area contributed by atoms with E-state index in [9.17, 15) is 0 Å². The van der Waals surface area contributed by atoms with Crippen LogP contribution >= 0.6 is 0 Å². The lowest BCUT2D eigenvalue weighted by molar-refractivity contribution is 1.17. The second kappa shape index (κ2) is 18.5. The third-order valence-electron chi connectivity index (χ3n) is 17.5. The molecule has 380 valence electrons. The van der Waals surface area contributed by atoms with Crippen molar-refractivity contribution in [2.45, 2.75) is 0 Å². The van der Waals surface area contributed by atoms with Crippen molar-refractivity contribution in [3.05, 3.63) is 303 Å². The van der Waals surface area contributed by atoms with Crippen LogP contribution in [-0.2, 0) is 0 Å². The maximum Gasteiger partial charge on any atom is 0.252 e. The van der Waals surface area contributed by atoms with Crippen molar-refractivity contribution >= 4 is 111 Å². The lowest BCUT2D eigenvalue weighted by atomic mass is 9.33. The highest BCUT2D eigenvalue weighted by Gasteiger charge is 2.44. The number of benzene rings is 14. The quantitative estimate of drug-likeness (QED) is 0.116. The molecule has 0 amide bonds. The van der Waals surface area contributed by atoms with E-state index in [-0.39, 0.29) is 6.71 Å². The molecule has 0 spiro atoms. The van der Waals surface area contributed by atoms with Gasteiger partial charge in [-0.1, -0.05) is 249 Å². The van der Waals surface area contributed by atoms with Gasteiger partial charge in [0.2, 0.25) is 0 Å². The normalized spacial score (nSPS) is 12.6. The molecule has 0 atom stereocenters. The highest BCUT2D eigenvalue weighted by molar-refractivity contribution is 7.00. The van der Waals surface area contributed by atoms with E-state index < -0.39 is 0 Å². The van der Waals surface area contributed by atoms with E-state index in [2.05, 4.69) is 318 Å². The molecule has 0 fully saturated rings. The van der Waals surface area contributed by atoms with Gasteiger partial charge in [0.15, 0.2) is 0 Å². The SMILES string of the molecule is c1ccc(-c2ccc(N3c4ccc(-c5ccccc5)cc4B4c5cc(-c6ccccc6)ccc5N(c5ccc(-c6ccccc6)cc5)c5cc(-n6c7ccc8ccccc8c7c7c8ccccc8c8ccccc8c76)cc3c54)cc2)cc1. The highest BCUT2D eigenvalue weighted by atomic mass is 15.2. The standard InChI is InChI=1S/C78H50BN3/c1-5-19-51(20-6-1)55-33-40-60(41-34-55)80-70-44-38-58(53-23-9-3-10-24-53)47-68(70)79-69-48-59(54-25-11-4-12-26-54)39-45-71(69)81(61-42-35-56(36-43-61)52-21-7-2-8-22-52)74-50-62(49-73(80)77(74)79)82-72-46-37-57-27-13-14-28-63(57)75(72)76-66-31-17-15-29-64(66)65-30-16-18-32-67(65)78(76)82/h1-50H.